The normalized spacial score (nSPS) is 11.9. The van der Waals surface area contributed by atoms with Crippen molar-refractivity contribution < 1.29 is 14.3 Å². The fourth-order valence-corrected chi connectivity index (χ4v) is 3.21. The summed E-state index contributed by atoms with van der Waals surface area (Å²) in [5, 5.41) is 0. The second-order valence-corrected chi connectivity index (χ2v) is 6.22. The Hall–Kier alpha value is -0.483. The standard InChI is InChI=1S/C11H23NO3Si/c1-9(2)14-11(15-10(3)4)16-7-5-6-12-8-13/h9-11H,5-7,16H2,1-4H3. The van der Waals surface area contributed by atoms with Crippen LogP contribution in [0.5, 0.6) is 0 Å². The van der Waals surface area contributed by atoms with Gasteiger partial charge in [-0.3, -0.25) is 0 Å². The van der Waals surface area contributed by atoms with E-state index in [4.69, 9.17) is 9.47 Å². The molecular weight excluding hydrogens is 222 g/mol. The van der Waals surface area contributed by atoms with E-state index in [2.05, 4.69) is 4.99 Å². The van der Waals surface area contributed by atoms with Crippen LogP contribution in [0, 0.1) is 0 Å². The predicted octanol–water partition coefficient (Wildman–Crippen LogP) is 1.43. The maximum atomic E-state index is 9.86. The van der Waals surface area contributed by atoms with Crippen LogP contribution < -0.4 is 0 Å². The van der Waals surface area contributed by atoms with Crippen LogP contribution in [0.15, 0.2) is 4.99 Å². The van der Waals surface area contributed by atoms with Crippen LogP contribution in [0.2, 0.25) is 6.04 Å². The molecule has 0 bridgehead atoms. The first-order valence-electron chi connectivity index (χ1n) is 5.90. The van der Waals surface area contributed by atoms with Gasteiger partial charge in [0.05, 0.1) is 28.3 Å². The first-order chi connectivity index (χ1) is 7.56. The summed E-state index contributed by atoms with van der Waals surface area (Å²) in [6.45, 7) is 8.64. The minimum atomic E-state index is -0.423. The topological polar surface area (TPSA) is 47.9 Å². The van der Waals surface area contributed by atoms with Crippen LogP contribution in [0.4, 0.5) is 0 Å². The van der Waals surface area contributed by atoms with Crippen LogP contribution in [0.3, 0.4) is 0 Å². The molecule has 0 unspecified atom stereocenters. The van der Waals surface area contributed by atoms with Gasteiger partial charge in [-0.1, -0.05) is 6.04 Å². The van der Waals surface area contributed by atoms with Gasteiger partial charge in [0.2, 0.25) is 6.08 Å². The molecule has 0 spiro atoms. The number of ether oxygens (including phenoxy) is 2. The SMILES string of the molecule is CC(C)OC(OC(C)C)[SiH2]CCCN=C=O. The van der Waals surface area contributed by atoms with Crippen molar-refractivity contribution in [3.05, 3.63) is 0 Å². The van der Waals surface area contributed by atoms with Crippen molar-refractivity contribution >= 4 is 15.6 Å². The van der Waals surface area contributed by atoms with Crippen molar-refractivity contribution in [3.8, 4) is 0 Å². The number of carbonyl (C=O) groups excluding carboxylic acids is 1. The van der Waals surface area contributed by atoms with E-state index in [9.17, 15) is 4.79 Å². The Labute approximate surface area is 100 Å². The number of hydrogen-bond acceptors (Lipinski definition) is 4. The van der Waals surface area contributed by atoms with Gasteiger partial charge in [-0.15, -0.1) is 0 Å². The Morgan fingerprint density at radius 2 is 1.75 bits per heavy atom. The zero-order chi connectivity index (χ0) is 12.4. The highest BCUT2D eigenvalue weighted by Gasteiger charge is 2.13. The summed E-state index contributed by atoms with van der Waals surface area (Å²) in [6.07, 6.45) is 2.88. The summed E-state index contributed by atoms with van der Waals surface area (Å²) in [7, 11) is -0.423. The third-order valence-corrected chi connectivity index (χ3v) is 3.64. The molecule has 0 amide bonds. The van der Waals surface area contributed by atoms with E-state index in [0.717, 1.165) is 12.5 Å². The Bertz CT molecular complexity index is 205. The summed E-state index contributed by atoms with van der Waals surface area (Å²) < 4.78 is 11.4. The molecule has 94 valence electrons. The quantitative estimate of drug-likeness (QED) is 0.203. The molecule has 0 N–H and O–H groups in total. The zero-order valence-corrected chi connectivity index (χ0v) is 12.1. The Balaban J connectivity index is 3.77. The van der Waals surface area contributed by atoms with Gasteiger partial charge in [0.25, 0.3) is 0 Å². The number of nitrogens with zero attached hydrogens (tertiary/aromatic N) is 1. The van der Waals surface area contributed by atoms with Gasteiger partial charge in [-0.05, 0) is 34.1 Å². The monoisotopic (exact) mass is 245 g/mol. The molecule has 16 heavy (non-hydrogen) atoms. The van der Waals surface area contributed by atoms with E-state index in [-0.39, 0.29) is 18.1 Å². The fourth-order valence-electron chi connectivity index (χ4n) is 1.32. The first kappa shape index (κ1) is 15.5. The van der Waals surface area contributed by atoms with Gasteiger partial charge >= 0.3 is 0 Å². The van der Waals surface area contributed by atoms with Crippen LogP contribution in [-0.4, -0.2) is 40.3 Å². The molecule has 0 aromatic rings. The van der Waals surface area contributed by atoms with E-state index in [1.807, 2.05) is 27.7 Å². The molecule has 4 nitrogen and oxygen atoms in total. The lowest BCUT2D eigenvalue weighted by atomic mass is 10.5. The van der Waals surface area contributed by atoms with Gasteiger partial charge < -0.3 is 9.47 Å². The third kappa shape index (κ3) is 10.0. The van der Waals surface area contributed by atoms with Crippen LogP contribution in [0.25, 0.3) is 0 Å². The molecule has 0 radical (unpaired) electrons. The minimum absolute atomic E-state index is 0.0137. The van der Waals surface area contributed by atoms with Crippen LogP contribution in [0.1, 0.15) is 34.1 Å². The van der Waals surface area contributed by atoms with Crippen LogP contribution in [-0.2, 0) is 14.3 Å². The van der Waals surface area contributed by atoms with E-state index >= 15 is 0 Å². The highest BCUT2D eigenvalue weighted by Crippen LogP contribution is 2.05. The maximum absolute atomic E-state index is 9.86. The summed E-state index contributed by atoms with van der Waals surface area (Å²) in [6, 6.07) is 1.08. The number of isocyanates is 1. The largest absolute Gasteiger partial charge is 0.354 e. The zero-order valence-electron chi connectivity index (χ0n) is 10.7. The molecular formula is C11H23NO3Si. The van der Waals surface area contributed by atoms with Crippen molar-refractivity contribution in [2.75, 3.05) is 6.54 Å². The smallest absolute Gasteiger partial charge is 0.234 e. The molecule has 0 aliphatic rings. The van der Waals surface area contributed by atoms with Gasteiger partial charge in [0.15, 0.2) is 0 Å². The lowest BCUT2D eigenvalue weighted by Crippen LogP contribution is -2.30. The predicted molar refractivity (Wildman–Crippen MR) is 67.2 cm³/mol. The van der Waals surface area contributed by atoms with Crippen molar-refractivity contribution in [2.24, 2.45) is 4.99 Å². The lowest BCUT2D eigenvalue weighted by Gasteiger charge is -2.22. The molecule has 0 heterocycles. The molecule has 0 aliphatic carbocycles. The molecule has 0 aromatic carbocycles. The van der Waals surface area contributed by atoms with Gasteiger partial charge in [-0.2, -0.15) is 0 Å². The molecule has 0 rings (SSSR count). The Kier molecular flexibility index (Phi) is 9.43. The lowest BCUT2D eigenvalue weighted by molar-refractivity contribution is -0.134. The minimum Gasteiger partial charge on any atom is -0.354 e. The number of rotatable bonds is 9. The molecule has 0 aromatic heterocycles. The highest BCUT2D eigenvalue weighted by atomic mass is 28.2. The number of aliphatic imine (C=N–C) groups is 1. The summed E-state index contributed by atoms with van der Waals surface area (Å²) in [5.41, 5.74) is 0. The molecule has 5 heteroatoms. The molecule has 0 saturated heterocycles. The van der Waals surface area contributed by atoms with Crippen molar-refractivity contribution in [1.82, 2.24) is 0 Å². The van der Waals surface area contributed by atoms with Gasteiger partial charge in [-0.25, -0.2) is 9.79 Å². The fraction of sp³-hybridized carbons (Fsp3) is 0.909. The summed E-state index contributed by atoms with van der Waals surface area (Å²) in [5.74, 6) is -0.0137. The van der Waals surface area contributed by atoms with Crippen molar-refractivity contribution in [2.45, 2.75) is 58.3 Å². The number of hydrogen-bond donors (Lipinski definition) is 0. The van der Waals surface area contributed by atoms with Gasteiger partial charge in [0.1, 0.15) is 5.91 Å². The van der Waals surface area contributed by atoms with Crippen molar-refractivity contribution in [3.63, 3.8) is 0 Å². The molecule has 0 saturated carbocycles. The van der Waals surface area contributed by atoms with E-state index in [0.29, 0.717) is 6.54 Å². The third-order valence-electron chi connectivity index (χ3n) is 1.87. The van der Waals surface area contributed by atoms with Crippen LogP contribution >= 0.6 is 0 Å². The second kappa shape index (κ2) is 9.72. The Morgan fingerprint density at radius 3 is 2.19 bits per heavy atom. The summed E-state index contributed by atoms with van der Waals surface area (Å²) in [4.78, 5) is 13.4. The molecule has 0 fully saturated rings. The highest BCUT2D eigenvalue weighted by molar-refractivity contribution is 6.36. The van der Waals surface area contributed by atoms with E-state index < -0.39 is 9.52 Å². The molecule has 0 aliphatic heterocycles. The summed E-state index contributed by atoms with van der Waals surface area (Å²) >= 11 is 0. The average Bonchev–Trinajstić information content (AvgIpc) is 2.15. The first-order valence-corrected chi connectivity index (χ1v) is 7.72. The second-order valence-electron chi connectivity index (χ2n) is 4.27. The van der Waals surface area contributed by atoms with E-state index in [1.54, 1.807) is 6.08 Å². The maximum Gasteiger partial charge on any atom is 0.234 e. The Morgan fingerprint density at radius 1 is 1.19 bits per heavy atom. The molecule has 0 atom stereocenters. The average molecular weight is 245 g/mol. The van der Waals surface area contributed by atoms with E-state index in [1.165, 1.54) is 0 Å². The van der Waals surface area contributed by atoms with Crippen molar-refractivity contribution in [1.29, 1.82) is 0 Å². The van der Waals surface area contributed by atoms with Gasteiger partial charge in [0, 0.05) is 0 Å².